The molecule has 1 aromatic carbocycles. The number of aryl methyl sites for hydroxylation is 1. The first-order valence-corrected chi connectivity index (χ1v) is 8.61. The Morgan fingerprint density at radius 1 is 1.19 bits per heavy atom. The second kappa shape index (κ2) is 7.33. The van der Waals surface area contributed by atoms with Crippen LogP contribution in [0.1, 0.15) is 35.7 Å². The number of rotatable bonds is 4. The molecule has 1 aliphatic heterocycles. The quantitative estimate of drug-likeness (QED) is 0.786. The number of methoxy groups -OCH3 is 1. The summed E-state index contributed by atoms with van der Waals surface area (Å²) >= 11 is 0. The summed E-state index contributed by atoms with van der Waals surface area (Å²) in [7, 11) is 1.31. The van der Waals surface area contributed by atoms with Crippen LogP contribution in [0.25, 0.3) is 0 Å². The molecule has 0 radical (unpaired) electrons. The molecule has 2 aromatic rings. The van der Waals surface area contributed by atoms with E-state index in [2.05, 4.69) is 0 Å². The van der Waals surface area contributed by atoms with Gasteiger partial charge in [-0.25, -0.2) is 4.79 Å². The molecule has 1 fully saturated rings. The maximum Gasteiger partial charge on any atom is 0.343 e. The number of hydrogen-bond acceptors (Lipinski definition) is 5. The smallest absolute Gasteiger partial charge is 0.343 e. The van der Waals surface area contributed by atoms with Gasteiger partial charge in [0.25, 0.3) is 5.56 Å². The highest BCUT2D eigenvalue weighted by Gasteiger charge is 2.31. The number of hydrogen-bond donors (Lipinski definition) is 0. The predicted octanol–water partition coefficient (Wildman–Crippen LogP) is 3.26. The molecular weight excluding hydrogens is 334 g/mol. The Bertz CT molecular complexity index is 865. The zero-order chi connectivity index (χ0) is 18.7. The minimum Gasteiger partial charge on any atom is -0.465 e. The van der Waals surface area contributed by atoms with Gasteiger partial charge >= 0.3 is 5.97 Å². The summed E-state index contributed by atoms with van der Waals surface area (Å²) in [5, 5.41) is 0. The second-order valence-corrected chi connectivity index (χ2v) is 6.73. The summed E-state index contributed by atoms with van der Waals surface area (Å²) in [6, 6.07) is 8.79. The minimum atomic E-state index is -0.544. The molecule has 6 nitrogen and oxygen atoms in total. The van der Waals surface area contributed by atoms with Crippen molar-refractivity contribution >= 4 is 5.97 Å². The van der Waals surface area contributed by atoms with Crippen LogP contribution in [0, 0.1) is 6.92 Å². The molecule has 0 saturated carbocycles. The van der Waals surface area contributed by atoms with E-state index < -0.39 is 11.5 Å². The largest absolute Gasteiger partial charge is 0.465 e. The van der Waals surface area contributed by atoms with E-state index in [1.165, 1.54) is 13.2 Å². The molecule has 26 heavy (non-hydrogen) atoms. The second-order valence-electron chi connectivity index (χ2n) is 6.73. The van der Waals surface area contributed by atoms with Gasteiger partial charge < -0.3 is 18.8 Å². The van der Waals surface area contributed by atoms with Crippen LogP contribution >= 0.6 is 0 Å². The fraction of sp³-hybridized carbons (Fsp3) is 0.400. The van der Waals surface area contributed by atoms with Crippen molar-refractivity contribution < 1.29 is 19.0 Å². The third-order valence-electron chi connectivity index (χ3n) is 4.89. The molecule has 0 unspecified atom stereocenters. The van der Waals surface area contributed by atoms with Gasteiger partial charge in [0.15, 0.2) is 0 Å². The van der Waals surface area contributed by atoms with Gasteiger partial charge in [-0.1, -0.05) is 18.2 Å². The molecule has 0 atom stereocenters. The van der Waals surface area contributed by atoms with Crippen LogP contribution in [0.2, 0.25) is 0 Å². The maximum atomic E-state index is 12.8. The molecule has 3 rings (SSSR count). The molecule has 2 heterocycles. The fourth-order valence-electron chi connectivity index (χ4n) is 3.13. The Balaban J connectivity index is 2.08. The van der Waals surface area contributed by atoms with Crippen LogP contribution in [0.4, 0.5) is 0 Å². The molecule has 0 amide bonds. The number of aromatic nitrogens is 1. The molecule has 0 bridgehead atoms. The number of carbonyl (C=O) groups is 1. The molecule has 1 aliphatic rings. The first-order chi connectivity index (χ1) is 12.4. The Morgan fingerprint density at radius 3 is 2.54 bits per heavy atom. The minimum absolute atomic E-state index is 0.197. The van der Waals surface area contributed by atoms with Crippen molar-refractivity contribution in [3.05, 3.63) is 58.0 Å². The van der Waals surface area contributed by atoms with Crippen molar-refractivity contribution in [3.63, 3.8) is 0 Å². The third-order valence-corrected chi connectivity index (χ3v) is 4.89. The zero-order valence-electron chi connectivity index (χ0n) is 15.3. The predicted molar refractivity (Wildman–Crippen MR) is 97.0 cm³/mol. The number of benzene rings is 1. The van der Waals surface area contributed by atoms with Gasteiger partial charge in [0.1, 0.15) is 17.1 Å². The van der Waals surface area contributed by atoms with Crippen LogP contribution in [0.15, 0.2) is 41.3 Å². The van der Waals surface area contributed by atoms with E-state index in [0.29, 0.717) is 31.8 Å². The average molecular weight is 357 g/mol. The first-order valence-electron chi connectivity index (χ1n) is 8.61. The van der Waals surface area contributed by atoms with Crippen molar-refractivity contribution in [2.45, 2.75) is 32.2 Å². The van der Waals surface area contributed by atoms with Gasteiger partial charge in [-0.05, 0) is 38.3 Å². The normalized spacial score (nSPS) is 16.1. The lowest BCUT2D eigenvalue weighted by Gasteiger charge is -2.35. The SMILES string of the molecule is COC(=O)c1cn(C2(C)CCOCC2)c(=O)cc1Oc1ccccc1C. The highest BCUT2D eigenvalue weighted by atomic mass is 16.5. The summed E-state index contributed by atoms with van der Waals surface area (Å²) in [6.07, 6.45) is 2.95. The number of para-hydroxylation sites is 1. The number of carbonyl (C=O) groups excluding carboxylic acids is 1. The Morgan fingerprint density at radius 2 is 1.88 bits per heavy atom. The van der Waals surface area contributed by atoms with Crippen LogP contribution in [0.5, 0.6) is 11.5 Å². The van der Waals surface area contributed by atoms with Crippen molar-refractivity contribution in [3.8, 4) is 11.5 Å². The summed E-state index contributed by atoms with van der Waals surface area (Å²) in [4.78, 5) is 25.1. The van der Waals surface area contributed by atoms with Crippen molar-refractivity contribution in [2.24, 2.45) is 0 Å². The molecule has 0 N–H and O–H groups in total. The van der Waals surface area contributed by atoms with Crippen LogP contribution in [-0.2, 0) is 15.0 Å². The summed E-state index contributed by atoms with van der Waals surface area (Å²) in [5.41, 5.74) is 0.511. The van der Waals surface area contributed by atoms with E-state index in [1.54, 1.807) is 16.8 Å². The van der Waals surface area contributed by atoms with E-state index >= 15 is 0 Å². The summed E-state index contributed by atoms with van der Waals surface area (Å²) < 4.78 is 17.8. The number of nitrogens with zero attached hydrogens (tertiary/aromatic N) is 1. The van der Waals surface area contributed by atoms with Crippen molar-refractivity contribution in [2.75, 3.05) is 20.3 Å². The summed E-state index contributed by atoms with van der Waals surface area (Å²) in [6.45, 7) is 5.06. The van der Waals surface area contributed by atoms with Crippen LogP contribution in [0.3, 0.4) is 0 Å². The zero-order valence-corrected chi connectivity index (χ0v) is 15.3. The lowest BCUT2D eigenvalue weighted by molar-refractivity contribution is 0.0277. The molecule has 138 valence electrons. The molecule has 6 heteroatoms. The monoisotopic (exact) mass is 357 g/mol. The van der Waals surface area contributed by atoms with Gasteiger partial charge in [-0.15, -0.1) is 0 Å². The highest BCUT2D eigenvalue weighted by Crippen LogP contribution is 2.31. The van der Waals surface area contributed by atoms with Crippen molar-refractivity contribution in [1.82, 2.24) is 4.57 Å². The van der Waals surface area contributed by atoms with Gasteiger partial charge in [0.05, 0.1) is 7.11 Å². The van der Waals surface area contributed by atoms with Crippen LogP contribution < -0.4 is 10.3 Å². The van der Waals surface area contributed by atoms with E-state index in [1.807, 2.05) is 32.0 Å². The Labute approximate surface area is 152 Å². The van der Waals surface area contributed by atoms with E-state index in [4.69, 9.17) is 14.2 Å². The molecule has 1 saturated heterocycles. The fourth-order valence-corrected chi connectivity index (χ4v) is 3.13. The molecular formula is C20H23NO5. The lowest BCUT2D eigenvalue weighted by Crippen LogP contribution is -2.43. The Kier molecular flexibility index (Phi) is 5.13. The molecule has 0 aliphatic carbocycles. The van der Waals surface area contributed by atoms with Gasteiger partial charge in [0.2, 0.25) is 0 Å². The van der Waals surface area contributed by atoms with Gasteiger partial charge in [0, 0.05) is 31.0 Å². The topological polar surface area (TPSA) is 66.8 Å². The van der Waals surface area contributed by atoms with Gasteiger partial charge in [-0.2, -0.15) is 0 Å². The number of pyridine rings is 1. The van der Waals surface area contributed by atoms with Crippen molar-refractivity contribution in [1.29, 1.82) is 0 Å². The maximum absolute atomic E-state index is 12.8. The highest BCUT2D eigenvalue weighted by molar-refractivity contribution is 5.92. The third kappa shape index (κ3) is 3.51. The Hall–Kier alpha value is -2.60. The number of ether oxygens (including phenoxy) is 3. The van der Waals surface area contributed by atoms with Crippen LogP contribution in [-0.4, -0.2) is 30.9 Å². The standard InChI is InChI=1S/C20H23NO5/c1-14-6-4-5-7-16(14)26-17-12-18(22)21(13-15(17)19(23)24-3)20(2)8-10-25-11-9-20/h4-7,12-13H,8-11H2,1-3H3. The van der Waals surface area contributed by atoms with E-state index in [9.17, 15) is 9.59 Å². The molecule has 1 aromatic heterocycles. The summed E-state index contributed by atoms with van der Waals surface area (Å²) in [5.74, 6) is 0.244. The molecule has 0 spiro atoms. The van der Waals surface area contributed by atoms with Gasteiger partial charge in [-0.3, -0.25) is 4.79 Å². The van der Waals surface area contributed by atoms with E-state index in [-0.39, 0.29) is 16.9 Å². The lowest BCUT2D eigenvalue weighted by atomic mass is 9.91. The average Bonchev–Trinajstić information content (AvgIpc) is 2.63. The number of esters is 1. The van der Waals surface area contributed by atoms with E-state index in [0.717, 1.165) is 5.56 Å². The first kappa shape index (κ1) is 18.2.